The fourth-order valence-electron chi connectivity index (χ4n) is 1.16. The van der Waals surface area contributed by atoms with Crippen LogP contribution in [0.1, 0.15) is 12.0 Å². The van der Waals surface area contributed by atoms with Crippen molar-refractivity contribution >= 4 is 11.6 Å². The molecule has 0 spiro atoms. The highest BCUT2D eigenvalue weighted by Gasteiger charge is 1.90. The summed E-state index contributed by atoms with van der Waals surface area (Å²) < 4.78 is 4.66. The van der Waals surface area contributed by atoms with Crippen molar-refractivity contribution in [3.05, 3.63) is 54.1 Å². The predicted molar refractivity (Wildman–Crippen MR) is 60.2 cm³/mol. The summed E-state index contributed by atoms with van der Waals surface area (Å²) in [5, 5.41) is 0.787. The molecule has 0 fully saturated rings. The number of halogens is 1. The number of ether oxygens (including phenoxy) is 1. The first-order valence-corrected chi connectivity index (χ1v) is 4.97. The van der Waals surface area contributed by atoms with Crippen molar-refractivity contribution in [2.24, 2.45) is 0 Å². The van der Waals surface area contributed by atoms with Gasteiger partial charge in [-0.25, -0.2) is 0 Å². The van der Waals surface area contributed by atoms with Gasteiger partial charge >= 0.3 is 0 Å². The second-order valence-electron chi connectivity index (χ2n) is 3.01. The molecule has 75 valence electrons. The molecule has 1 rings (SSSR count). The van der Waals surface area contributed by atoms with E-state index in [1.807, 2.05) is 30.3 Å². The third kappa shape index (κ3) is 4.45. The lowest BCUT2D eigenvalue weighted by atomic mass is 10.1. The molecule has 0 amide bonds. The van der Waals surface area contributed by atoms with Crippen LogP contribution < -0.4 is 0 Å². The number of rotatable bonds is 5. The molecule has 0 saturated heterocycles. The van der Waals surface area contributed by atoms with E-state index in [9.17, 15) is 0 Å². The van der Waals surface area contributed by atoms with Gasteiger partial charge < -0.3 is 4.74 Å². The van der Waals surface area contributed by atoms with Gasteiger partial charge in [-0.1, -0.05) is 35.9 Å². The third-order valence-electron chi connectivity index (χ3n) is 1.89. The van der Waals surface area contributed by atoms with Crippen LogP contribution in [0.25, 0.3) is 0 Å². The molecular weight excluding hydrogens is 196 g/mol. The molecule has 14 heavy (non-hydrogen) atoms. The van der Waals surface area contributed by atoms with Gasteiger partial charge in [0.2, 0.25) is 0 Å². The third-order valence-corrected chi connectivity index (χ3v) is 2.15. The normalized spacial score (nSPS) is 11.0. The Hall–Kier alpha value is -0.790. The largest absolute Gasteiger partial charge is 0.375 e. The maximum atomic E-state index is 5.78. The molecule has 0 atom stereocenters. The van der Waals surface area contributed by atoms with E-state index in [-0.39, 0.29) is 0 Å². The Morgan fingerprint density at radius 3 is 2.57 bits per heavy atom. The number of benzene rings is 1. The molecular formula is C12H14ClO. The minimum Gasteiger partial charge on any atom is -0.375 e. The van der Waals surface area contributed by atoms with Gasteiger partial charge in [0.25, 0.3) is 0 Å². The number of hydrogen-bond acceptors (Lipinski definition) is 1. The van der Waals surface area contributed by atoms with Crippen LogP contribution in [0.15, 0.2) is 36.4 Å². The molecule has 1 aromatic carbocycles. The molecule has 0 bridgehead atoms. The summed E-state index contributed by atoms with van der Waals surface area (Å²) in [6.07, 6.45) is 6.12. The SMILES string of the molecule is [CH2]OC/C=C/CCc1ccc(Cl)cc1. The Labute approximate surface area is 90.3 Å². The molecule has 0 unspecified atom stereocenters. The van der Waals surface area contributed by atoms with Gasteiger partial charge in [-0.15, -0.1) is 0 Å². The molecule has 0 aromatic heterocycles. The van der Waals surface area contributed by atoms with E-state index in [0.717, 1.165) is 17.9 Å². The van der Waals surface area contributed by atoms with Crippen LogP contribution in [0.2, 0.25) is 5.02 Å². The summed E-state index contributed by atoms with van der Waals surface area (Å²) in [7, 11) is 3.29. The van der Waals surface area contributed by atoms with Crippen molar-refractivity contribution in [3.63, 3.8) is 0 Å². The van der Waals surface area contributed by atoms with E-state index in [1.165, 1.54) is 5.56 Å². The molecule has 0 aliphatic heterocycles. The Morgan fingerprint density at radius 1 is 1.21 bits per heavy atom. The summed E-state index contributed by atoms with van der Waals surface area (Å²) in [5.41, 5.74) is 1.30. The number of allylic oxidation sites excluding steroid dienone is 1. The van der Waals surface area contributed by atoms with Gasteiger partial charge in [-0.2, -0.15) is 0 Å². The molecule has 0 N–H and O–H groups in total. The van der Waals surface area contributed by atoms with Crippen LogP contribution in [0.4, 0.5) is 0 Å². The highest BCUT2D eigenvalue weighted by atomic mass is 35.5. The zero-order valence-corrected chi connectivity index (χ0v) is 8.83. The molecule has 0 aliphatic carbocycles. The zero-order valence-electron chi connectivity index (χ0n) is 8.08. The van der Waals surface area contributed by atoms with Crippen molar-refractivity contribution in [3.8, 4) is 0 Å². The Balaban J connectivity index is 2.28. The lowest BCUT2D eigenvalue weighted by Gasteiger charge is -1.97. The Morgan fingerprint density at radius 2 is 1.93 bits per heavy atom. The standard InChI is InChI=1S/C12H14ClO/c1-14-10-4-2-3-5-11-6-8-12(13)9-7-11/h2,4,6-9H,1,3,5,10H2/b4-2+. The minimum absolute atomic E-state index is 0.584. The van der Waals surface area contributed by atoms with Crippen LogP contribution in [0.5, 0.6) is 0 Å². The van der Waals surface area contributed by atoms with Gasteiger partial charge in [-0.05, 0) is 30.5 Å². The van der Waals surface area contributed by atoms with Crippen molar-refractivity contribution in [2.75, 3.05) is 6.61 Å². The summed E-state index contributed by atoms with van der Waals surface area (Å²) >= 11 is 5.78. The summed E-state index contributed by atoms with van der Waals surface area (Å²) in [5.74, 6) is 0. The first-order valence-electron chi connectivity index (χ1n) is 4.59. The molecule has 2 heteroatoms. The van der Waals surface area contributed by atoms with Crippen LogP contribution in [0.3, 0.4) is 0 Å². The van der Waals surface area contributed by atoms with Crippen molar-refractivity contribution in [2.45, 2.75) is 12.8 Å². The van der Waals surface area contributed by atoms with E-state index >= 15 is 0 Å². The number of hydrogen-bond donors (Lipinski definition) is 0. The lowest BCUT2D eigenvalue weighted by Crippen LogP contribution is -1.83. The van der Waals surface area contributed by atoms with Gasteiger partial charge in [0.05, 0.1) is 13.7 Å². The van der Waals surface area contributed by atoms with Gasteiger partial charge in [-0.3, -0.25) is 0 Å². The quantitative estimate of drug-likeness (QED) is 0.673. The molecule has 1 nitrogen and oxygen atoms in total. The van der Waals surface area contributed by atoms with Crippen LogP contribution in [-0.2, 0) is 11.2 Å². The van der Waals surface area contributed by atoms with Gasteiger partial charge in [0, 0.05) is 5.02 Å². The predicted octanol–water partition coefficient (Wildman–Crippen LogP) is 3.64. The van der Waals surface area contributed by atoms with Gasteiger partial charge in [0.1, 0.15) is 0 Å². The Kier molecular flexibility index (Phi) is 5.35. The minimum atomic E-state index is 0.584. The van der Waals surface area contributed by atoms with E-state index < -0.39 is 0 Å². The maximum absolute atomic E-state index is 5.78. The van der Waals surface area contributed by atoms with Crippen LogP contribution in [-0.4, -0.2) is 6.61 Å². The van der Waals surface area contributed by atoms with Crippen molar-refractivity contribution < 1.29 is 4.74 Å². The highest BCUT2D eigenvalue weighted by Crippen LogP contribution is 2.10. The lowest BCUT2D eigenvalue weighted by molar-refractivity contribution is 0.281. The Bertz CT molecular complexity index is 277. The van der Waals surface area contributed by atoms with Crippen LogP contribution in [0, 0.1) is 7.11 Å². The molecule has 0 heterocycles. The second-order valence-corrected chi connectivity index (χ2v) is 3.44. The first-order chi connectivity index (χ1) is 6.83. The van der Waals surface area contributed by atoms with E-state index in [2.05, 4.69) is 17.9 Å². The fourth-order valence-corrected chi connectivity index (χ4v) is 1.28. The summed E-state index contributed by atoms with van der Waals surface area (Å²) in [6.45, 7) is 0.584. The fraction of sp³-hybridized carbons (Fsp3) is 0.250. The monoisotopic (exact) mass is 209 g/mol. The second kappa shape index (κ2) is 6.63. The van der Waals surface area contributed by atoms with Crippen LogP contribution >= 0.6 is 11.6 Å². The van der Waals surface area contributed by atoms with Crippen molar-refractivity contribution in [1.82, 2.24) is 0 Å². The molecule has 0 aliphatic rings. The number of aryl methyl sites for hydroxylation is 1. The molecule has 0 saturated carbocycles. The average Bonchev–Trinajstić information content (AvgIpc) is 2.21. The van der Waals surface area contributed by atoms with E-state index in [1.54, 1.807) is 0 Å². The topological polar surface area (TPSA) is 9.23 Å². The van der Waals surface area contributed by atoms with E-state index in [0.29, 0.717) is 6.61 Å². The maximum Gasteiger partial charge on any atom is 0.0704 e. The molecule has 1 radical (unpaired) electrons. The zero-order chi connectivity index (χ0) is 10.2. The summed E-state index contributed by atoms with van der Waals surface area (Å²) in [6, 6.07) is 7.93. The molecule has 1 aromatic rings. The van der Waals surface area contributed by atoms with Gasteiger partial charge in [0.15, 0.2) is 0 Å². The van der Waals surface area contributed by atoms with E-state index in [4.69, 9.17) is 11.6 Å². The van der Waals surface area contributed by atoms with Crippen molar-refractivity contribution in [1.29, 1.82) is 0 Å². The summed E-state index contributed by atoms with van der Waals surface area (Å²) in [4.78, 5) is 0. The first kappa shape index (κ1) is 11.3. The highest BCUT2D eigenvalue weighted by molar-refractivity contribution is 6.30. The smallest absolute Gasteiger partial charge is 0.0704 e. The average molecular weight is 210 g/mol.